The van der Waals surface area contributed by atoms with Crippen molar-refractivity contribution < 1.29 is 19.4 Å². The summed E-state index contributed by atoms with van der Waals surface area (Å²) >= 11 is 0. The van der Waals surface area contributed by atoms with Crippen molar-refractivity contribution in [3.63, 3.8) is 0 Å². The fourth-order valence-electron chi connectivity index (χ4n) is 1.85. The van der Waals surface area contributed by atoms with Crippen LogP contribution in [0.2, 0.25) is 0 Å². The average Bonchev–Trinajstić information content (AvgIpc) is 1.99. The van der Waals surface area contributed by atoms with Crippen LogP contribution in [-0.2, 0) is 9.53 Å². The molecule has 1 unspecified atom stereocenters. The van der Waals surface area contributed by atoms with E-state index < -0.39 is 17.6 Å². The molecular formula is C10H17NO4. The maximum atomic E-state index is 11.5. The Hall–Kier alpha value is -1.26. The fourth-order valence-corrected chi connectivity index (χ4v) is 1.85. The third-order valence-corrected chi connectivity index (χ3v) is 2.37. The highest BCUT2D eigenvalue weighted by Gasteiger charge is 2.38. The van der Waals surface area contributed by atoms with E-state index >= 15 is 0 Å². The van der Waals surface area contributed by atoms with E-state index in [0.29, 0.717) is 13.0 Å². The van der Waals surface area contributed by atoms with Crippen molar-refractivity contribution in [3.05, 3.63) is 0 Å². The number of rotatable bonds is 2. The number of hydrogen-bond donors (Lipinski definition) is 1. The van der Waals surface area contributed by atoms with E-state index in [1.54, 1.807) is 0 Å². The molecule has 0 spiro atoms. The SMILES string of the molecule is CC(C)(C)N1C(=O)OCCC1CC(=O)O. The first kappa shape index (κ1) is 11.8. The number of cyclic esters (lactones) is 1. The molecule has 1 N–H and O–H groups in total. The summed E-state index contributed by atoms with van der Waals surface area (Å²) in [6.07, 6.45) is 0.141. The van der Waals surface area contributed by atoms with Gasteiger partial charge in [-0.1, -0.05) is 0 Å². The number of carbonyl (C=O) groups is 2. The smallest absolute Gasteiger partial charge is 0.410 e. The lowest BCUT2D eigenvalue weighted by atomic mass is 9.99. The van der Waals surface area contributed by atoms with Gasteiger partial charge in [-0.2, -0.15) is 0 Å². The molecule has 1 aliphatic heterocycles. The summed E-state index contributed by atoms with van der Waals surface area (Å²) in [5.41, 5.74) is -0.405. The molecule has 1 saturated heterocycles. The minimum absolute atomic E-state index is 0.0215. The van der Waals surface area contributed by atoms with Crippen molar-refractivity contribution in [3.8, 4) is 0 Å². The summed E-state index contributed by atoms with van der Waals surface area (Å²) in [5.74, 6) is -0.885. The highest BCUT2D eigenvalue weighted by Crippen LogP contribution is 2.25. The first-order valence-electron chi connectivity index (χ1n) is 5.00. The summed E-state index contributed by atoms with van der Waals surface area (Å²) in [6.45, 7) is 5.92. The average molecular weight is 215 g/mol. The molecule has 0 aromatic heterocycles. The maximum Gasteiger partial charge on any atom is 0.410 e. The van der Waals surface area contributed by atoms with Gasteiger partial charge in [-0.3, -0.25) is 9.69 Å². The molecule has 0 bridgehead atoms. The Morgan fingerprint density at radius 1 is 1.60 bits per heavy atom. The van der Waals surface area contributed by atoms with E-state index in [9.17, 15) is 9.59 Å². The van der Waals surface area contributed by atoms with Crippen molar-refractivity contribution in [2.45, 2.75) is 45.2 Å². The Labute approximate surface area is 89.0 Å². The highest BCUT2D eigenvalue weighted by atomic mass is 16.6. The van der Waals surface area contributed by atoms with Crippen LogP contribution >= 0.6 is 0 Å². The number of carboxylic acid groups (broad SMARTS) is 1. The molecule has 0 saturated carbocycles. The lowest BCUT2D eigenvalue weighted by molar-refractivity contribution is -0.139. The molecule has 1 amide bonds. The summed E-state index contributed by atoms with van der Waals surface area (Å²) in [4.78, 5) is 23.7. The Morgan fingerprint density at radius 2 is 2.20 bits per heavy atom. The summed E-state index contributed by atoms with van der Waals surface area (Å²) in [7, 11) is 0. The molecule has 0 aromatic carbocycles. The van der Waals surface area contributed by atoms with Gasteiger partial charge in [0.15, 0.2) is 0 Å². The Balaban J connectivity index is 2.82. The van der Waals surface area contributed by atoms with Crippen molar-refractivity contribution in [2.24, 2.45) is 0 Å². The van der Waals surface area contributed by atoms with Gasteiger partial charge in [-0.05, 0) is 20.8 Å². The molecule has 1 heterocycles. The molecule has 5 nitrogen and oxygen atoms in total. The van der Waals surface area contributed by atoms with Gasteiger partial charge in [0.25, 0.3) is 0 Å². The third kappa shape index (κ3) is 2.84. The highest BCUT2D eigenvalue weighted by molar-refractivity contribution is 5.72. The Bertz CT molecular complexity index is 269. The van der Waals surface area contributed by atoms with E-state index in [2.05, 4.69) is 0 Å². The third-order valence-electron chi connectivity index (χ3n) is 2.37. The minimum Gasteiger partial charge on any atom is -0.481 e. The van der Waals surface area contributed by atoms with Crippen LogP contribution in [0.25, 0.3) is 0 Å². The second kappa shape index (κ2) is 4.08. The second-order valence-electron chi connectivity index (χ2n) is 4.70. The van der Waals surface area contributed by atoms with Gasteiger partial charge in [0.05, 0.1) is 13.0 Å². The number of amides is 1. The predicted molar refractivity (Wildman–Crippen MR) is 53.6 cm³/mol. The van der Waals surface area contributed by atoms with Crippen molar-refractivity contribution in [1.82, 2.24) is 4.90 Å². The van der Waals surface area contributed by atoms with Gasteiger partial charge >= 0.3 is 12.1 Å². The minimum atomic E-state index is -0.885. The summed E-state index contributed by atoms with van der Waals surface area (Å²) in [6, 6.07) is -0.260. The zero-order valence-corrected chi connectivity index (χ0v) is 9.32. The first-order valence-corrected chi connectivity index (χ1v) is 5.00. The number of aliphatic carboxylic acids is 1. The second-order valence-corrected chi connectivity index (χ2v) is 4.70. The predicted octanol–water partition coefficient (Wildman–Crippen LogP) is 1.47. The molecule has 0 aromatic rings. The Morgan fingerprint density at radius 3 is 2.67 bits per heavy atom. The van der Waals surface area contributed by atoms with Crippen molar-refractivity contribution >= 4 is 12.1 Å². The first-order chi connectivity index (χ1) is 6.82. The van der Waals surface area contributed by atoms with E-state index in [1.165, 1.54) is 4.90 Å². The van der Waals surface area contributed by atoms with Crippen molar-refractivity contribution in [2.75, 3.05) is 6.61 Å². The summed E-state index contributed by atoms with van der Waals surface area (Å²) < 4.78 is 4.92. The van der Waals surface area contributed by atoms with Crippen LogP contribution in [-0.4, -0.2) is 40.3 Å². The molecule has 1 atom stereocenters. The van der Waals surface area contributed by atoms with Crippen LogP contribution in [0.5, 0.6) is 0 Å². The molecule has 1 fully saturated rings. The maximum absolute atomic E-state index is 11.5. The summed E-state index contributed by atoms with van der Waals surface area (Å²) in [5, 5.41) is 8.76. The normalized spacial score (nSPS) is 22.5. The van der Waals surface area contributed by atoms with Gasteiger partial charge in [0.1, 0.15) is 0 Å². The number of hydrogen-bond acceptors (Lipinski definition) is 3. The molecule has 0 aliphatic carbocycles. The van der Waals surface area contributed by atoms with Crippen LogP contribution in [0.4, 0.5) is 4.79 Å². The zero-order valence-electron chi connectivity index (χ0n) is 9.32. The lowest BCUT2D eigenvalue weighted by Gasteiger charge is -2.43. The van der Waals surface area contributed by atoms with Gasteiger partial charge in [0, 0.05) is 18.0 Å². The monoisotopic (exact) mass is 215 g/mol. The molecular weight excluding hydrogens is 198 g/mol. The Kier molecular flexibility index (Phi) is 3.21. The van der Waals surface area contributed by atoms with Gasteiger partial charge in [-0.25, -0.2) is 4.79 Å². The van der Waals surface area contributed by atoms with Gasteiger partial charge < -0.3 is 9.84 Å². The van der Waals surface area contributed by atoms with E-state index in [-0.39, 0.29) is 12.5 Å². The van der Waals surface area contributed by atoms with Crippen LogP contribution in [0.3, 0.4) is 0 Å². The zero-order chi connectivity index (χ0) is 11.6. The molecule has 86 valence electrons. The number of nitrogens with zero attached hydrogens (tertiary/aromatic N) is 1. The van der Waals surface area contributed by atoms with Gasteiger partial charge in [-0.15, -0.1) is 0 Å². The van der Waals surface area contributed by atoms with Crippen LogP contribution in [0.1, 0.15) is 33.6 Å². The van der Waals surface area contributed by atoms with E-state index in [0.717, 1.165) is 0 Å². The van der Waals surface area contributed by atoms with Gasteiger partial charge in [0.2, 0.25) is 0 Å². The quantitative estimate of drug-likeness (QED) is 0.757. The molecule has 1 rings (SSSR count). The number of carbonyl (C=O) groups excluding carboxylic acids is 1. The molecule has 1 aliphatic rings. The fraction of sp³-hybridized carbons (Fsp3) is 0.800. The molecule has 5 heteroatoms. The standard InChI is InChI=1S/C10H17NO4/c1-10(2,3)11-7(6-8(12)13)4-5-15-9(11)14/h7H,4-6H2,1-3H3,(H,12,13). The van der Waals surface area contributed by atoms with Crippen LogP contribution in [0.15, 0.2) is 0 Å². The number of ether oxygens (including phenoxy) is 1. The molecule has 0 radical (unpaired) electrons. The molecule has 15 heavy (non-hydrogen) atoms. The van der Waals surface area contributed by atoms with Crippen LogP contribution in [0, 0.1) is 0 Å². The van der Waals surface area contributed by atoms with E-state index in [4.69, 9.17) is 9.84 Å². The lowest BCUT2D eigenvalue weighted by Crippen LogP contribution is -2.55. The largest absolute Gasteiger partial charge is 0.481 e. The topological polar surface area (TPSA) is 66.8 Å². The van der Waals surface area contributed by atoms with E-state index in [1.807, 2.05) is 20.8 Å². The van der Waals surface area contributed by atoms with Crippen molar-refractivity contribution in [1.29, 1.82) is 0 Å². The number of carboxylic acids is 1. The van der Waals surface area contributed by atoms with Crippen LogP contribution < -0.4 is 0 Å².